The summed E-state index contributed by atoms with van der Waals surface area (Å²) in [4.78, 5) is 13.9. The molecule has 1 saturated heterocycles. The van der Waals surface area contributed by atoms with E-state index in [-0.39, 0.29) is 18.6 Å². The molecule has 0 saturated carbocycles. The van der Waals surface area contributed by atoms with Crippen molar-refractivity contribution in [1.82, 2.24) is 10.2 Å². The van der Waals surface area contributed by atoms with Gasteiger partial charge in [0, 0.05) is 19.6 Å². The van der Waals surface area contributed by atoms with Gasteiger partial charge in [-0.05, 0) is 5.56 Å². The molecule has 1 fully saturated rings. The van der Waals surface area contributed by atoms with Gasteiger partial charge in [0.2, 0.25) is 5.91 Å². The molecule has 1 aromatic carbocycles. The lowest BCUT2D eigenvalue weighted by Crippen LogP contribution is -2.44. The highest BCUT2D eigenvalue weighted by Crippen LogP contribution is 2.12. The summed E-state index contributed by atoms with van der Waals surface area (Å²) in [6.45, 7) is 3.52. The molecule has 1 aliphatic heterocycles. The minimum atomic E-state index is -0.0507. The highest BCUT2D eigenvalue weighted by atomic mass is 16.5. The van der Waals surface area contributed by atoms with Crippen molar-refractivity contribution < 1.29 is 9.53 Å². The first-order valence-corrected chi connectivity index (χ1v) is 6.86. The first-order chi connectivity index (χ1) is 9.78. The van der Waals surface area contributed by atoms with Gasteiger partial charge < -0.3 is 10.1 Å². The fourth-order valence-corrected chi connectivity index (χ4v) is 2.32. The Morgan fingerprint density at radius 3 is 3.00 bits per heavy atom. The summed E-state index contributed by atoms with van der Waals surface area (Å²) in [7, 11) is 0. The number of carbonyl (C=O) groups excluding carboxylic acids is 1. The predicted molar refractivity (Wildman–Crippen MR) is 77.9 cm³/mol. The zero-order valence-corrected chi connectivity index (χ0v) is 11.5. The highest BCUT2D eigenvalue weighted by Gasteiger charge is 2.22. The molecular formula is C16H20N2O2. The van der Waals surface area contributed by atoms with Crippen LogP contribution in [-0.2, 0) is 16.1 Å². The smallest absolute Gasteiger partial charge is 0.223 e. The van der Waals surface area contributed by atoms with Gasteiger partial charge in [0.1, 0.15) is 0 Å². The normalized spacial score (nSPS) is 19.2. The third kappa shape index (κ3) is 4.69. The highest BCUT2D eigenvalue weighted by molar-refractivity contribution is 5.76. The average Bonchev–Trinajstić information content (AvgIpc) is 2.46. The van der Waals surface area contributed by atoms with Crippen LogP contribution in [0.1, 0.15) is 12.0 Å². The van der Waals surface area contributed by atoms with E-state index in [0.717, 1.165) is 19.6 Å². The Balaban J connectivity index is 1.80. The van der Waals surface area contributed by atoms with Crippen LogP contribution in [0, 0.1) is 12.3 Å². The quantitative estimate of drug-likeness (QED) is 0.814. The molecule has 20 heavy (non-hydrogen) atoms. The Labute approximate surface area is 120 Å². The maximum Gasteiger partial charge on any atom is 0.223 e. The lowest BCUT2D eigenvalue weighted by Gasteiger charge is -2.32. The van der Waals surface area contributed by atoms with Crippen molar-refractivity contribution in [3.8, 4) is 12.3 Å². The number of terminal acetylenes is 1. The summed E-state index contributed by atoms with van der Waals surface area (Å²) >= 11 is 0. The molecule has 0 bridgehead atoms. The van der Waals surface area contributed by atoms with E-state index in [1.54, 1.807) is 0 Å². The number of hydrogen-bond donors (Lipinski definition) is 1. The largest absolute Gasteiger partial charge is 0.375 e. The molecular weight excluding hydrogens is 252 g/mol. The van der Waals surface area contributed by atoms with Crippen LogP contribution in [0.4, 0.5) is 0 Å². The number of nitrogens with one attached hydrogen (secondary N) is 1. The molecule has 4 nitrogen and oxygen atoms in total. The van der Waals surface area contributed by atoms with Crippen molar-refractivity contribution in [1.29, 1.82) is 0 Å². The summed E-state index contributed by atoms with van der Waals surface area (Å²) in [6.07, 6.45) is 5.43. The lowest BCUT2D eigenvalue weighted by atomic mass is 10.1. The van der Waals surface area contributed by atoms with Gasteiger partial charge in [-0.2, -0.15) is 0 Å². The zero-order valence-electron chi connectivity index (χ0n) is 11.5. The number of benzene rings is 1. The Bertz CT molecular complexity index is 467. The fourth-order valence-electron chi connectivity index (χ4n) is 2.32. The summed E-state index contributed by atoms with van der Waals surface area (Å²) in [6, 6.07) is 10.3. The Hall–Kier alpha value is -1.83. The van der Waals surface area contributed by atoms with E-state index in [0.29, 0.717) is 13.0 Å². The fraction of sp³-hybridized carbons (Fsp3) is 0.438. The molecule has 106 valence electrons. The number of rotatable bonds is 5. The minimum Gasteiger partial charge on any atom is -0.375 e. The van der Waals surface area contributed by atoms with E-state index in [1.807, 2.05) is 18.2 Å². The van der Waals surface area contributed by atoms with Crippen molar-refractivity contribution >= 4 is 5.91 Å². The van der Waals surface area contributed by atoms with Gasteiger partial charge in [-0.15, -0.1) is 6.42 Å². The second-order valence-corrected chi connectivity index (χ2v) is 4.90. The molecule has 0 aliphatic carbocycles. The van der Waals surface area contributed by atoms with E-state index in [4.69, 9.17) is 11.2 Å². The first-order valence-electron chi connectivity index (χ1n) is 6.86. The summed E-state index contributed by atoms with van der Waals surface area (Å²) in [5, 5.41) is 2.67. The standard InChI is InChI=1S/C16H20N2O2/c1-2-8-17-16(19)11-15-13-18(9-10-20-15)12-14-6-4-3-5-7-14/h1,3-7,15H,8-13H2,(H,17,19). The van der Waals surface area contributed by atoms with Crippen molar-refractivity contribution in [2.24, 2.45) is 0 Å². The van der Waals surface area contributed by atoms with Gasteiger partial charge in [-0.1, -0.05) is 36.3 Å². The second kappa shape index (κ2) is 7.68. The minimum absolute atomic E-state index is 0.0467. The van der Waals surface area contributed by atoms with Crippen LogP contribution in [0.2, 0.25) is 0 Å². The van der Waals surface area contributed by atoms with E-state index < -0.39 is 0 Å². The molecule has 1 aromatic rings. The molecule has 0 radical (unpaired) electrons. The zero-order chi connectivity index (χ0) is 14.2. The van der Waals surface area contributed by atoms with Crippen molar-refractivity contribution in [3.63, 3.8) is 0 Å². The van der Waals surface area contributed by atoms with Crippen molar-refractivity contribution in [3.05, 3.63) is 35.9 Å². The van der Waals surface area contributed by atoms with Crippen LogP contribution >= 0.6 is 0 Å². The topological polar surface area (TPSA) is 41.6 Å². The summed E-state index contributed by atoms with van der Waals surface area (Å²) in [5.74, 6) is 2.35. The molecule has 1 amide bonds. The van der Waals surface area contributed by atoms with Crippen LogP contribution in [-0.4, -0.2) is 43.2 Å². The van der Waals surface area contributed by atoms with E-state index in [9.17, 15) is 4.79 Å². The number of carbonyl (C=O) groups is 1. The SMILES string of the molecule is C#CCNC(=O)CC1CN(Cc2ccccc2)CCO1. The number of hydrogen-bond acceptors (Lipinski definition) is 3. The number of amides is 1. The lowest BCUT2D eigenvalue weighted by molar-refractivity contribution is -0.125. The number of nitrogens with zero attached hydrogens (tertiary/aromatic N) is 1. The van der Waals surface area contributed by atoms with Gasteiger partial charge in [0.15, 0.2) is 0 Å². The molecule has 4 heteroatoms. The van der Waals surface area contributed by atoms with Crippen LogP contribution < -0.4 is 5.32 Å². The van der Waals surface area contributed by atoms with Crippen LogP contribution in [0.25, 0.3) is 0 Å². The van der Waals surface area contributed by atoms with Crippen LogP contribution in [0.5, 0.6) is 0 Å². The maximum atomic E-state index is 11.6. The average molecular weight is 272 g/mol. The molecule has 1 N–H and O–H groups in total. The van der Waals surface area contributed by atoms with Gasteiger partial charge >= 0.3 is 0 Å². The predicted octanol–water partition coefficient (Wildman–Crippen LogP) is 1.03. The molecule has 1 atom stereocenters. The summed E-state index contributed by atoms with van der Waals surface area (Å²) in [5.41, 5.74) is 1.28. The van der Waals surface area contributed by atoms with Gasteiger partial charge in [0.25, 0.3) is 0 Å². The summed E-state index contributed by atoms with van der Waals surface area (Å²) < 4.78 is 5.64. The van der Waals surface area contributed by atoms with Gasteiger partial charge in [-0.3, -0.25) is 9.69 Å². The molecule has 0 aromatic heterocycles. The molecule has 1 unspecified atom stereocenters. The second-order valence-electron chi connectivity index (χ2n) is 4.90. The number of morpholine rings is 1. The Morgan fingerprint density at radius 2 is 2.25 bits per heavy atom. The molecule has 2 rings (SSSR count). The van der Waals surface area contributed by atoms with Gasteiger partial charge in [-0.25, -0.2) is 0 Å². The van der Waals surface area contributed by atoms with E-state index in [2.05, 4.69) is 28.3 Å². The van der Waals surface area contributed by atoms with Gasteiger partial charge in [0.05, 0.1) is 25.7 Å². The Kier molecular flexibility index (Phi) is 5.60. The van der Waals surface area contributed by atoms with Crippen molar-refractivity contribution in [2.45, 2.75) is 19.1 Å². The van der Waals surface area contributed by atoms with E-state index in [1.165, 1.54) is 5.56 Å². The third-order valence-corrected chi connectivity index (χ3v) is 3.27. The third-order valence-electron chi connectivity index (χ3n) is 3.27. The molecule has 1 aliphatic rings. The monoisotopic (exact) mass is 272 g/mol. The van der Waals surface area contributed by atoms with Crippen LogP contribution in [0.15, 0.2) is 30.3 Å². The number of ether oxygens (including phenoxy) is 1. The first kappa shape index (κ1) is 14.6. The van der Waals surface area contributed by atoms with E-state index >= 15 is 0 Å². The Morgan fingerprint density at radius 1 is 1.45 bits per heavy atom. The van der Waals surface area contributed by atoms with Crippen molar-refractivity contribution in [2.75, 3.05) is 26.2 Å². The maximum absolute atomic E-state index is 11.6. The van der Waals surface area contributed by atoms with Crippen LogP contribution in [0.3, 0.4) is 0 Å². The molecule has 1 heterocycles. The molecule has 0 spiro atoms.